The number of hydrogen-bond donors (Lipinski definition) is 2. The number of H-pyrrole nitrogens is 1. The fourth-order valence-corrected chi connectivity index (χ4v) is 3.64. The van der Waals surface area contributed by atoms with Gasteiger partial charge in [-0.2, -0.15) is 5.10 Å². The van der Waals surface area contributed by atoms with Crippen molar-refractivity contribution in [2.24, 2.45) is 0 Å². The highest BCUT2D eigenvalue weighted by Gasteiger charge is 2.23. The Hall–Kier alpha value is -2.93. The van der Waals surface area contributed by atoms with Crippen molar-refractivity contribution >= 4 is 22.6 Å². The van der Waals surface area contributed by atoms with Gasteiger partial charge >= 0.3 is 0 Å². The number of aromatic nitrogens is 3. The number of hydrogen-bond acceptors (Lipinski definition) is 5. The van der Waals surface area contributed by atoms with Crippen molar-refractivity contribution < 1.29 is 9.53 Å². The van der Waals surface area contributed by atoms with E-state index in [1.807, 2.05) is 43.5 Å². The van der Waals surface area contributed by atoms with Crippen molar-refractivity contribution in [3.63, 3.8) is 0 Å². The zero-order valence-corrected chi connectivity index (χ0v) is 16.4. The van der Waals surface area contributed by atoms with E-state index in [0.717, 1.165) is 40.9 Å². The molecule has 1 saturated heterocycles. The molecule has 0 saturated carbocycles. The summed E-state index contributed by atoms with van der Waals surface area (Å²) in [4.78, 5) is 19.4. The highest BCUT2D eigenvalue weighted by Crippen LogP contribution is 2.19. The summed E-state index contributed by atoms with van der Waals surface area (Å²) in [5.74, 6) is 0.739. The first-order valence-corrected chi connectivity index (χ1v) is 9.58. The summed E-state index contributed by atoms with van der Waals surface area (Å²) in [6.45, 7) is 8.22. The van der Waals surface area contributed by atoms with Crippen LogP contribution in [0, 0.1) is 6.92 Å². The van der Waals surface area contributed by atoms with E-state index in [0.29, 0.717) is 12.2 Å². The minimum atomic E-state index is -0.197. The number of anilines is 1. The summed E-state index contributed by atoms with van der Waals surface area (Å²) in [6.07, 6.45) is 2.20. The average Bonchev–Trinajstić information content (AvgIpc) is 3.09. The quantitative estimate of drug-likeness (QED) is 0.728. The summed E-state index contributed by atoms with van der Waals surface area (Å²) in [7, 11) is 0. The summed E-state index contributed by atoms with van der Waals surface area (Å²) < 4.78 is 5.77. The van der Waals surface area contributed by atoms with E-state index < -0.39 is 0 Å². The monoisotopic (exact) mass is 379 g/mol. The SMILES string of the molecule is Cc1ccc2[nH]nc(C(=O)NCc3ccc(N4CC(C)OC(C)C4)nc3)c2c1. The molecule has 0 radical (unpaired) electrons. The Kier molecular flexibility index (Phi) is 5.00. The lowest BCUT2D eigenvalue weighted by molar-refractivity contribution is -0.00546. The molecule has 2 N–H and O–H groups in total. The Balaban J connectivity index is 1.40. The molecule has 3 heterocycles. The molecular weight excluding hydrogens is 354 g/mol. The molecule has 1 amide bonds. The number of carbonyl (C=O) groups is 1. The Morgan fingerprint density at radius 1 is 1.25 bits per heavy atom. The second-order valence-electron chi connectivity index (χ2n) is 7.49. The number of pyridine rings is 1. The number of carbonyl (C=O) groups excluding carboxylic acids is 1. The molecule has 1 aliphatic rings. The lowest BCUT2D eigenvalue weighted by atomic mass is 10.1. The smallest absolute Gasteiger partial charge is 0.272 e. The predicted molar refractivity (Wildman–Crippen MR) is 108 cm³/mol. The number of nitrogens with one attached hydrogen (secondary N) is 2. The molecule has 7 heteroatoms. The van der Waals surface area contributed by atoms with Crippen LogP contribution in [0.1, 0.15) is 35.5 Å². The molecule has 28 heavy (non-hydrogen) atoms. The summed E-state index contributed by atoms with van der Waals surface area (Å²) in [5.41, 5.74) is 3.31. The lowest BCUT2D eigenvalue weighted by Gasteiger charge is -2.36. The number of ether oxygens (including phenoxy) is 1. The van der Waals surface area contributed by atoms with Crippen LogP contribution in [0.15, 0.2) is 36.5 Å². The fourth-order valence-electron chi connectivity index (χ4n) is 3.64. The first-order chi connectivity index (χ1) is 13.5. The van der Waals surface area contributed by atoms with Gasteiger partial charge in [-0.25, -0.2) is 4.98 Å². The van der Waals surface area contributed by atoms with Crippen LogP contribution in [0.4, 0.5) is 5.82 Å². The van der Waals surface area contributed by atoms with Crippen LogP contribution in [-0.2, 0) is 11.3 Å². The van der Waals surface area contributed by atoms with Gasteiger partial charge in [0.05, 0.1) is 17.7 Å². The molecule has 146 valence electrons. The zero-order valence-electron chi connectivity index (χ0n) is 16.4. The molecule has 3 aromatic rings. The van der Waals surface area contributed by atoms with Crippen LogP contribution in [0.2, 0.25) is 0 Å². The average molecular weight is 379 g/mol. The highest BCUT2D eigenvalue weighted by molar-refractivity contribution is 6.04. The Labute approximate surface area is 164 Å². The summed E-state index contributed by atoms with van der Waals surface area (Å²) in [6, 6.07) is 9.89. The molecule has 1 aliphatic heterocycles. The van der Waals surface area contributed by atoms with E-state index in [1.165, 1.54) is 0 Å². The van der Waals surface area contributed by atoms with Gasteiger partial charge in [0.15, 0.2) is 5.69 Å². The standard InChI is InChI=1S/C21H25N5O2/c1-13-4-6-18-17(8-13)20(25-24-18)21(27)23-10-16-5-7-19(22-9-16)26-11-14(2)28-15(3)12-26/h4-9,14-15H,10-12H2,1-3H3,(H,23,27)(H,24,25). The van der Waals surface area contributed by atoms with Gasteiger partial charge in [-0.3, -0.25) is 9.89 Å². The van der Waals surface area contributed by atoms with E-state index >= 15 is 0 Å². The van der Waals surface area contributed by atoms with Gasteiger partial charge in [-0.15, -0.1) is 0 Å². The van der Waals surface area contributed by atoms with Crippen LogP contribution in [0.5, 0.6) is 0 Å². The number of benzene rings is 1. The van der Waals surface area contributed by atoms with E-state index in [-0.39, 0.29) is 18.1 Å². The Morgan fingerprint density at radius 2 is 2.04 bits per heavy atom. The van der Waals surface area contributed by atoms with Gasteiger partial charge in [0.1, 0.15) is 5.82 Å². The first kappa shape index (κ1) is 18.4. The van der Waals surface area contributed by atoms with Crippen LogP contribution >= 0.6 is 0 Å². The van der Waals surface area contributed by atoms with Crippen molar-refractivity contribution in [1.82, 2.24) is 20.5 Å². The molecule has 0 spiro atoms. The summed E-state index contributed by atoms with van der Waals surface area (Å²) >= 11 is 0. The number of amides is 1. The number of rotatable bonds is 4. The van der Waals surface area contributed by atoms with E-state index in [4.69, 9.17) is 4.74 Å². The third-order valence-corrected chi connectivity index (χ3v) is 4.94. The zero-order chi connectivity index (χ0) is 19.7. The Bertz CT molecular complexity index is 972. The molecule has 1 aromatic carbocycles. The molecule has 4 rings (SSSR count). The van der Waals surface area contributed by atoms with Crippen LogP contribution in [0.3, 0.4) is 0 Å². The molecule has 7 nitrogen and oxygen atoms in total. The maximum atomic E-state index is 12.6. The lowest BCUT2D eigenvalue weighted by Crippen LogP contribution is -2.45. The largest absolute Gasteiger partial charge is 0.372 e. The number of nitrogens with zero attached hydrogens (tertiary/aromatic N) is 3. The van der Waals surface area contributed by atoms with E-state index in [2.05, 4.69) is 39.2 Å². The van der Waals surface area contributed by atoms with Crippen molar-refractivity contribution in [2.75, 3.05) is 18.0 Å². The van der Waals surface area contributed by atoms with Crippen molar-refractivity contribution in [1.29, 1.82) is 0 Å². The minimum Gasteiger partial charge on any atom is -0.372 e. The maximum Gasteiger partial charge on any atom is 0.272 e. The fraction of sp³-hybridized carbons (Fsp3) is 0.381. The number of aromatic amines is 1. The topological polar surface area (TPSA) is 83.1 Å². The van der Waals surface area contributed by atoms with E-state index in [9.17, 15) is 4.79 Å². The van der Waals surface area contributed by atoms with Crippen LogP contribution in [0.25, 0.3) is 10.9 Å². The molecule has 0 aliphatic carbocycles. The third-order valence-electron chi connectivity index (χ3n) is 4.94. The molecule has 2 unspecified atom stereocenters. The Morgan fingerprint density at radius 3 is 2.75 bits per heavy atom. The van der Waals surface area contributed by atoms with Gasteiger partial charge in [0, 0.05) is 31.2 Å². The molecule has 2 atom stereocenters. The number of morpholine rings is 1. The maximum absolute atomic E-state index is 12.6. The van der Waals surface area contributed by atoms with Gasteiger partial charge in [-0.1, -0.05) is 17.7 Å². The van der Waals surface area contributed by atoms with E-state index in [1.54, 1.807) is 0 Å². The van der Waals surface area contributed by atoms with Gasteiger partial charge in [0.2, 0.25) is 0 Å². The second-order valence-corrected chi connectivity index (χ2v) is 7.49. The second kappa shape index (κ2) is 7.59. The van der Waals surface area contributed by atoms with Gasteiger partial charge < -0.3 is 15.0 Å². The normalized spacial score (nSPS) is 19.8. The van der Waals surface area contributed by atoms with Crippen molar-refractivity contribution in [3.8, 4) is 0 Å². The third kappa shape index (κ3) is 3.84. The predicted octanol–water partition coefficient (Wildman–Crippen LogP) is 2.81. The van der Waals surface area contributed by atoms with Crippen LogP contribution < -0.4 is 10.2 Å². The number of aryl methyl sites for hydroxylation is 1. The first-order valence-electron chi connectivity index (χ1n) is 9.58. The minimum absolute atomic E-state index is 0.192. The molecule has 1 fully saturated rings. The number of fused-ring (bicyclic) bond motifs is 1. The van der Waals surface area contributed by atoms with Crippen molar-refractivity contribution in [2.45, 2.75) is 39.5 Å². The summed E-state index contributed by atoms with van der Waals surface area (Å²) in [5, 5.41) is 10.8. The molecule has 2 aromatic heterocycles. The molecule has 0 bridgehead atoms. The van der Waals surface area contributed by atoms with Crippen LogP contribution in [-0.4, -0.2) is 46.4 Å². The van der Waals surface area contributed by atoms with Gasteiger partial charge in [-0.05, 0) is 44.5 Å². The molecular formula is C21H25N5O2. The van der Waals surface area contributed by atoms with Crippen molar-refractivity contribution in [3.05, 3.63) is 53.3 Å². The van der Waals surface area contributed by atoms with Gasteiger partial charge in [0.25, 0.3) is 5.91 Å². The highest BCUT2D eigenvalue weighted by atomic mass is 16.5.